The number of nitrogens with one attached hydrogen (secondary N) is 1. The molecule has 0 radical (unpaired) electrons. The summed E-state index contributed by atoms with van der Waals surface area (Å²) >= 11 is 0. The van der Waals surface area contributed by atoms with Crippen LogP contribution >= 0.6 is 0 Å². The summed E-state index contributed by atoms with van der Waals surface area (Å²) in [6.45, 7) is 7.43. The lowest BCUT2D eigenvalue weighted by Crippen LogP contribution is -2.60. The maximum absolute atomic E-state index is 11.4. The molecular weight excluding hydrogens is 164 g/mol. The molecule has 2 aliphatic heterocycles. The van der Waals surface area contributed by atoms with E-state index >= 15 is 0 Å². The fourth-order valence-corrected chi connectivity index (χ4v) is 2.28. The minimum atomic E-state index is 0.00340. The molecule has 1 spiro atoms. The monoisotopic (exact) mass is 182 g/mol. The molecule has 74 valence electrons. The van der Waals surface area contributed by atoms with Crippen molar-refractivity contribution in [2.75, 3.05) is 19.6 Å². The van der Waals surface area contributed by atoms with Crippen molar-refractivity contribution in [3.63, 3.8) is 0 Å². The van der Waals surface area contributed by atoms with Crippen LogP contribution in [0, 0.1) is 5.41 Å². The second kappa shape index (κ2) is 2.98. The zero-order valence-corrected chi connectivity index (χ0v) is 8.47. The molecule has 1 amide bonds. The summed E-state index contributed by atoms with van der Waals surface area (Å²) in [7, 11) is 0. The smallest absolute Gasteiger partial charge is 0.229 e. The summed E-state index contributed by atoms with van der Waals surface area (Å²) in [6, 6.07) is 0.632. The summed E-state index contributed by atoms with van der Waals surface area (Å²) in [4.78, 5) is 13.8. The second-order valence-corrected chi connectivity index (χ2v) is 4.44. The number of hydrogen-bond donors (Lipinski definition) is 1. The highest BCUT2D eigenvalue weighted by Gasteiger charge is 2.51. The Morgan fingerprint density at radius 2 is 2.46 bits per heavy atom. The van der Waals surface area contributed by atoms with E-state index in [-0.39, 0.29) is 11.3 Å². The van der Waals surface area contributed by atoms with Gasteiger partial charge in [-0.15, -0.1) is 0 Å². The highest BCUT2D eigenvalue weighted by Crippen LogP contribution is 2.36. The molecule has 2 saturated heterocycles. The number of nitrogens with zero attached hydrogens (tertiary/aromatic N) is 1. The van der Waals surface area contributed by atoms with Crippen LogP contribution in [0.25, 0.3) is 0 Å². The molecule has 1 N–H and O–H groups in total. The van der Waals surface area contributed by atoms with Gasteiger partial charge in [-0.1, -0.05) is 6.92 Å². The van der Waals surface area contributed by atoms with E-state index in [2.05, 4.69) is 24.1 Å². The maximum Gasteiger partial charge on any atom is 0.229 e. The SMILES string of the molecule is CCC(C)N1CCC2(CNC2=O)C1. The maximum atomic E-state index is 11.4. The molecule has 0 saturated carbocycles. The van der Waals surface area contributed by atoms with Crippen molar-refractivity contribution in [3.8, 4) is 0 Å². The van der Waals surface area contributed by atoms with Gasteiger partial charge in [0.1, 0.15) is 0 Å². The van der Waals surface area contributed by atoms with Crippen molar-refractivity contribution in [3.05, 3.63) is 0 Å². The molecule has 0 bridgehead atoms. The first-order valence-electron chi connectivity index (χ1n) is 5.20. The van der Waals surface area contributed by atoms with Gasteiger partial charge in [0.2, 0.25) is 5.91 Å². The van der Waals surface area contributed by atoms with Crippen molar-refractivity contribution in [1.82, 2.24) is 10.2 Å². The summed E-state index contributed by atoms with van der Waals surface area (Å²) in [6.07, 6.45) is 2.24. The highest BCUT2D eigenvalue weighted by atomic mass is 16.2. The van der Waals surface area contributed by atoms with Crippen LogP contribution < -0.4 is 5.32 Å². The van der Waals surface area contributed by atoms with E-state index in [1.807, 2.05) is 0 Å². The van der Waals surface area contributed by atoms with Gasteiger partial charge in [-0.3, -0.25) is 9.69 Å². The third kappa shape index (κ3) is 1.26. The van der Waals surface area contributed by atoms with Gasteiger partial charge in [0, 0.05) is 19.1 Å². The van der Waals surface area contributed by atoms with Gasteiger partial charge >= 0.3 is 0 Å². The average molecular weight is 182 g/mol. The van der Waals surface area contributed by atoms with Crippen LogP contribution in [0.5, 0.6) is 0 Å². The Hall–Kier alpha value is -0.570. The molecule has 3 nitrogen and oxygen atoms in total. The summed E-state index contributed by atoms with van der Waals surface area (Å²) in [5.41, 5.74) is 0.00340. The summed E-state index contributed by atoms with van der Waals surface area (Å²) < 4.78 is 0. The summed E-state index contributed by atoms with van der Waals surface area (Å²) in [5, 5.41) is 2.85. The number of hydrogen-bond acceptors (Lipinski definition) is 2. The number of carbonyl (C=O) groups is 1. The van der Waals surface area contributed by atoms with Crippen molar-refractivity contribution in [2.24, 2.45) is 5.41 Å². The predicted octanol–water partition coefficient (Wildman–Crippen LogP) is 0.607. The van der Waals surface area contributed by atoms with Crippen LogP contribution in [0.2, 0.25) is 0 Å². The molecule has 2 fully saturated rings. The average Bonchev–Trinajstić information content (AvgIpc) is 2.61. The van der Waals surface area contributed by atoms with Crippen LogP contribution in [-0.4, -0.2) is 36.5 Å². The van der Waals surface area contributed by atoms with Gasteiger partial charge in [0.25, 0.3) is 0 Å². The van der Waals surface area contributed by atoms with E-state index < -0.39 is 0 Å². The van der Waals surface area contributed by atoms with Gasteiger partial charge < -0.3 is 5.32 Å². The first-order valence-corrected chi connectivity index (χ1v) is 5.20. The molecule has 2 unspecified atom stereocenters. The molecule has 0 aromatic rings. The standard InChI is InChI=1S/C10H18N2O/c1-3-8(2)12-5-4-10(7-12)6-11-9(10)13/h8H,3-7H2,1-2H3,(H,11,13). The van der Waals surface area contributed by atoms with Gasteiger partial charge in [-0.25, -0.2) is 0 Å². The van der Waals surface area contributed by atoms with Crippen LogP contribution in [0.1, 0.15) is 26.7 Å². The minimum absolute atomic E-state index is 0.00340. The van der Waals surface area contributed by atoms with Crippen LogP contribution in [0.15, 0.2) is 0 Å². The first-order chi connectivity index (χ1) is 6.18. The first kappa shape index (κ1) is 9.00. The molecule has 2 aliphatic rings. The van der Waals surface area contributed by atoms with Crippen LogP contribution in [0.4, 0.5) is 0 Å². The molecular formula is C10H18N2O. The number of likely N-dealkylation sites (tertiary alicyclic amines) is 1. The topological polar surface area (TPSA) is 32.3 Å². The summed E-state index contributed by atoms with van der Waals surface area (Å²) in [5.74, 6) is 0.276. The minimum Gasteiger partial charge on any atom is -0.354 e. The van der Waals surface area contributed by atoms with Crippen LogP contribution in [-0.2, 0) is 4.79 Å². The normalized spacial score (nSPS) is 36.0. The van der Waals surface area contributed by atoms with Crippen molar-refractivity contribution in [2.45, 2.75) is 32.7 Å². The fraction of sp³-hybridized carbons (Fsp3) is 0.900. The molecule has 13 heavy (non-hydrogen) atoms. The number of rotatable bonds is 2. The van der Waals surface area contributed by atoms with E-state index in [4.69, 9.17) is 0 Å². The van der Waals surface area contributed by atoms with E-state index in [0.717, 1.165) is 26.1 Å². The predicted molar refractivity (Wildman–Crippen MR) is 51.4 cm³/mol. The van der Waals surface area contributed by atoms with Crippen molar-refractivity contribution in [1.29, 1.82) is 0 Å². The Balaban J connectivity index is 1.97. The molecule has 3 heteroatoms. The van der Waals surface area contributed by atoms with E-state index in [1.165, 1.54) is 6.42 Å². The molecule has 0 aliphatic carbocycles. The number of β-lactam (4-membered cyclic amide) rings is 1. The Morgan fingerprint density at radius 1 is 1.69 bits per heavy atom. The molecule has 2 rings (SSSR count). The van der Waals surface area contributed by atoms with Gasteiger partial charge in [-0.2, -0.15) is 0 Å². The lowest BCUT2D eigenvalue weighted by atomic mass is 9.80. The third-order valence-corrected chi connectivity index (χ3v) is 3.67. The van der Waals surface area contributed by atoms with Gasteiger partial charge in [0.15, 0.2) is 0 Å². The van der Waals surface area contributed by atoms with Crippen molar-refractivity contribution >= 4 is 5.91 Å². The Kier molecular flexibility index (Phi) is 2.06. The van der Waals surface area contributed by atoms with E-state index in [9.17, 15) is 4.79 Å². The van der Waals surface area contributed by atoms with Crippen molar-refractivity contribution < 1.29 is 4.79 Å². The zero-order valence-electron chi connectivity index (χ0n) is 8.47. The van der Waals surface area contributed by atoms with Gasteiger partial charge in [0.05, 0.1) is 5.41 Å². The Labute approximate surface area is 79.5 Å². The van der Waals surface area contributed by atoms with E-state index in [1.54, 1.807) is 0 Å². The molecule has 2 atom stereocenters. The number of carbonyl (C=O) groups excluding carboxylic acids is 1. The zero-order chi connectivity index (χ0) is 9.47. The lowest BCUT2D eigenvalue weighted by Gasteiger charge is -2.37. The van der Waals surface area contributed by atoms with Crippen LogP contribution in [0.3, 0.4) is 0 Å². The molecule has 0 aromatic heterocycles. The Morgan fingerprint density at radius 3 is 2.85 bits per heavy atom. The third-order valence-electron chi connectivity index (χ3n) is 3.67. The largest absolute Gasteiger partial charge is 0.354 e. The Bertz CT molecular complexity index is 229. The fourth-order valence-electron chi connectivity index (χ4n) is 2.28. The van der Waals surface area contributed by atoms with E-state index in [0.29, 0.717) is 6.04 Å². The molecule has 2 heterocycles. The lowest BCUT2D eigenvalue weighted by molar-refractivity contribution is -0.139. The van der Waals surface area contributed by atoms with Gasteiger partial charge in [-0.05, 0) is 26.3 Å². The quantitative estimate of drug-likeness (QED) is 0.634. The molecule has 0 aromatic carbocycles. The highest BCUT2D eigenvalue weighted by molar-refractivity contribution is 5.89. The number of amides is 1. The second-order valence-electron chi connectivity index (χ2n) is 4.44.